The summed E-state index contributed by atoms with van der Waals surface area (Å²) in [4.78, 5) is 4.13. The molecule has 0 aliphatic rings. The number of benzene rings is 1. The minimum Gasteiger partial charge on any atom is -0.324 e. The lowest BCUT2D eigenvalue weighted by molar-refractivity contribution is 0.986. The first-order valence-corrected chi connectivity index (χ1v) is 5.86. The lowest BCUT2D eigenvalue weighted by atomic mass is 10.3. The maximum absolute atomic E-state index is 5.85. The molecule has 0 spiro atoms. The van der Waals surface area contributed by atoms with E-state index < -0.39 is 0 Å². The van der Waals surface area contributed by atoms with Crippen molar-refractivity contribution < 1.29 is 0 Å². The summed E-state index contributed by atoms with van der Waals surface area (Å²) >= 11 is 8.04. The van der Waals surface area contributed by atoms with Crippen molar-refractivity contribution in [2.24, 2.45) is 10.8 Å². The normalized spacial score (nSPS) is 11.3. The van der Waals surface area contributed by atoms with E-state index in [0.717, 1.165) is 9.26 Å². The zero-order valence-electron chi connectivity index (χ0n) is 8.22. The van der Waals surface area contributed by atoms with Crippen LogP contribution in [0.15, 0.2) is 23.2 Å². The van der Waals surface area contributed by atoms with Gasteiger partial charge in [-0.2, -0.15) is 0 Å². The molecule has 0 saturated carbocycles. The Kier molecular flexibility index (Phi) is 5.13. The highest BCUT2D eigenvalue weighted by atomic mass is 127. The van der Waals surface area contributed by atoms with E-state index >= 15 is 0 Å². The molecule has 0 radical (unpaired) electrons. The third-order valence-corrected chi connectivity index (χ3v) is 2.76. The summed E-state index contributed by atoms with van der Waals surface area (Å²) in [6.07, 6.45) is 0. The maximum Gasteiger partial charge on any atom is 0.210 e. The molecule has 1 aromatic rings. The molecule has 4 N–H and O–H groups in total. The van der Waals surface area contributed by atoms with Gasteiger partial charge in [0.2, 0.25) is 5.96 Å². The Bertz CT molecular complexity index is 367. The first kappa shape index (κ1) is 12.5. The van der Waals surface area contributed by atoms with Gasteiger partial charge in [-0.25, -0.2) is 5.84 Å². The van der Waals surface area contributed by atoms with Crippen LogP contribution < -0.4 is 16.6 Å². The Morgan fingerprint density at radius 2 is 2.33 bits per heavy atom. The van der Waals surface area contributed by atoms with Crippen LogP contribution in [-0.2, 0) is 0 Å². The molecule has 0 aliphatic carbocycles. The van der Waals surface area contributed by atoms with Crippen LogP contribution in [0, 0.1) is 3.57 Å². The fourth-order valence-corrected chi connectivity index (χ4v) is 2.00. The molecule has 0 fully saturated rings. The number of hydrazine groups is 1. The van der Waals surface area contributed by atoms with Crippen molar-refractivity contribution in [3.63, 3.8) is 0 Å². The van der Waals surface area contributed by atoms with Crippen LogP contribution in [0.4, 0.5) is 5.69 Å². The smallest absolute Gasteiger partial charge is 0.210 e. The summed E-state index contributed by atoms with van der Waals surface area (Å²) in [7, 11) is 0. The molecule has 1 rings (SSSR count). The molecule has 0 bridgehead atoms. The van der Waals surface area contributed by atoms with Gasteiger partial charge in [0.05, 0.1) is 5.69 Å². The maximum atomic E-state index is 5.85. The van der Waals surface area contributed by atoms with Gasteiger partial charge in [0.25, 0.3) is 0 Å². The molecule has 0 heterocycles. The Hall–Kier alpha value is -0.530. The van der Waals surface area contributed by atoms with Gasteiger partial charge >= 0.3 is 0 Å². The summed E-state index contributed by atoms with van der Waals surface area (Å²) in [6.45, 7) is 2.60. The summed E-state index contributed by atoms with van der Waals surface area (Å²) in [5.41, 5.74) is 3.42. The van der Waals surface area contributed by atoms with Gasteiger partial charge in [0.15, 0.2) is 0 Å². The van der Waals surface area contributed by atoms with E-state index in [4.69, 9.17) is 17.4 Å². The third-order valence-electron chi connectivity index (χ3n) is 1.64. The molecule has 0 saturated heterocycles. The Balaban J connectivity index is 2.84. The van der Waals surface area contributed by atoms with E-state index in [9.17, 15) is 0 Å². The van der Waals surface area contributed by atoms with Crippen molar-refractivity contribution in [3.8, 4) is 0 Å². The quantitative estimate of drug-likeness (QED) is 0.255. The molecule has 0 aliphatic heterocycles. The SMILES string of the molecule is CCN=C(NN)Nc1ccc(Cl)cc1I. The largest absolute Gasteiger partial charge is 0.324 e. The van der Waals surface area contributed by atoms with Crippen molar-refractivity contribution in [1.82, 2.24) is 5.43 Å². The van der Waals surface area contributed by atoms with Crippen LogP contribution in [0.1, 0.15) is 6.92 Å². The fraction of sp³-hybridized carbons (Fsp3) is 0.222. The van der Waals surface area contributed by atoms with Gasteiger partial charge in [-0.1, -0.05) is 11.6 Å². The van der Waals surface area contributed by atoms with E-state index in [1.807, 2.05) is 25.1 Å². The van der Waals surface area contributed by atoms with Crippen LogP contribution in [0.25, 0.3) is 0 Å². The van der Waals surface area contributed by atoms with Gasteiger partial charge in [-0.05, 0) is 47.7 Å². The molecular formula is C9H12ClIN4. The van der Waals surface area contributed by atoms with E-state index in [-0.39, 0.29) is 0 Å². The molecule has 0 atom stereocenters. The van der Waals surface area contributed by atoms with Gasteiger partial charge < -0.3 is 5.32 Å². The number of aliphatic imine (C=N–C) groups is 1. The zero-order valence-corrected chi connectivity index (χ0v) is 11.1. The first-order valence-electron chi connectivity index (χ1n) is 4.40. The highest BCUT2D eigenvalue weighted by Gasteiger charge is 2.02. The van der Waals surface area contributed by atoms with Gasteiger partial charge in [0, 0.05) is 15.1 Å². The number of hydrogen-bond donors (Lipinski definition) is 3. The topological polar surface area (TPSA) is 62.4 Å². The number of nitrogens with one attached hydrogen (secondary N) is 2. The van der Waals surface area contributed by atoms with Crippen LogP contribution in [0.3, 0.4) is 0 Å². The van der Waals surface area contributed by atoms with E-state index in [1.165, 1.54) is 0 Å². The monoisotopic (exact) mass is 338 g/mol. The van der Waals surface area contributed by atoms with Gasteiger partial charge in [-0.3, -0.25) is 10.4 Å². The molecule has 4 nitrogen and oxygen atoms in total. The summed E-state index contributed by atoms with van der Waals surface area (Å²) < 4.78 is 1.01. The predicted octanol–water partition coefficient (Wildman–Crippen LogP) is 2.20. The predicted molar refractivity (Wildman–Crippen MR) is 73.1 cm³/mol. The summed E-state index contributed by atoms with van der Waals surface area (Å²) in [5, 5.41) is 3.78. The van der Waals surface area contributed by atoms with Crippen molar-refractivity contribution >= 4 is 45.8 Å². The van der Waals surface area contributed by atoms with Crippen LogP contribution in [0.5, 0.6) is 0 Å². The molecular weight excluding hydrogens is 326 g/mol. The van der Waals surface area contributed by atoms with E-state index in [0.29, 0.717) is 17.5 Å². The Morgan fingerprint density at radius 3 is 2.87 bits per heavy atom. The second kappa shape index (κ2) is 6.14. The number of halogens is 2. The number of nitrogens with two attached hydrogens (primary N) is 1. The van der Waals surface area contributed by atoms with Crippen LogP contribution in [0.2, 0.25) is 5.02 Å². The fourth-order valence-electron chi connectivity index (χ4n) is 0.998. The van der Waals surface area contributed by atoms with Crippen molar-refractivity contribution in [2.75, 3.05) is 11.9 Å². The van der Waals surface area contributed by atoms with Crippen molar-refractivity contribution in [2.45, 2.75) is 6.92 Å². The number of anilines is 1. The van der Waals surface area contributed by atoms with Gasteiger partial charge in [-0.15, -0.1) is 0 Å². The highest BCUT2D eigenvalue weighted by Crippen LogP contribution is 2.21. The number of nitrogens with zero attached hydrogens (tertiary/aromatic N) is 1. The minimum absolute atomic E-state index is 0.540. The number of guanidine groups is 1. The summed E-state index contributed by atoms with van der Waals surface area (Å²) in [5.74, 6) is 5.85. The lowest BCUT2D eigenvalue weighted by Crippen LogP contribution is -2.36. The number of rotatable bonds is 2. The lowest BCUT2D eigenvalue weighted by Gasteiger charge is -2.10. The zero-order chi connectivity index (χ0) is 11.3. The first-order chi connectivity index (χ1) is 7.17. The molecule has 6 heteroatoms. The van der Waals surface area contributed by atoms with E-state index in [2.05, 4.69) is 38.3 Å². The number of hydrogen-bond acceptors (Lipinski definition) is 2. The Morgan fingerprint density at radius 1 is 1.60 bits per heavy atom. The standard InChI is InChI=1S/C9H12ClIN4/c1-2-13-9(15-12)14-8-4-3-6(10)5-7(8)11/h3-5H,2,12H2,1H3,(H2,13,14,15). The highest BCUT2D eigenvalue weighted by molar-refractivity contribution is 14.1. The molecule has 1 aromatic carbocycles. The molecule has 15 heavy (non-hydrogen) atoms. The molecule has 82 valence electrons. The Labute approximate surface area is 107 Å². The van der Waals surface area contributed by atoms with Crippen molar-refractivity contribution in [1.29, 1.82) is 0 Å². The second-order valence-corrected chi connectivity index (χ2v) is 4.32. The molecule has 0 aromatic heterocycles. The van der Waals surface area contributed by atoms with Crippen LogP contribution >= 0.6 is 34.2 Å². The van der Waals surface area contributed by atoms with Crippen molar-refractivity contribution in [3.05, 3.63) is 26.8 Å². The second-order valence-electron chi connectivity index (χ2n) is 2.72. The third kappa shape index (κ3) is 3.84. The average Bonchev–Trinajstić information content (AvgIpc) is 2.21. The molecule has 0 amide bonds. The molecule has 0 unspecified atom stereocenters. The van der Waals surface area contributed by atoms with Crippen LogP contribution in [-0.4, -0.2) is 12.5 Å². The summed E-state index contributed by atoms with van der Waals surface area (Å²) in [6, 6.07) is 5.56. The van der Waals surface area contributed by atoms with E-state index in [1.54, 1.807) is 0 Å². The van der Waals surface area contributed by atoms with Gasteiger partial charge in [0.1, 0.15) is 0 Å². The average molecular weight is 339 g/mol. The minimum atomic E-state index is 0.540.